The van der Waals surface area contributed by atoms with E-state index in [4.69, 9.17) is 0 Å². The van der Waals surface area contributed by atoms with Crippen LogP contribution < -0.4 is 4.90 Å². The molecule has 0 radical (unpaired) electrons. The summed E-state index contributed by atoms with van der Waals surface area (Å²) in [7, 11) is 0. The Kier molecular flexibility index (Phi) is 3.21. The summed E-state index contributed by atoms with van der Waals surface area (Å²) >= 11 is 0. The van der Waals surface area contributed by atoms with Crippen LogP contribution >= 0.6 is 0 Å². The van der Waals surface area contributed by atoms with Gasteiger partial charge in [0, 0.05) is 12.2 Å². The summed E-state index contributed by atoms with van der Waals surface area (Å²) < 4.78 is 13.1. The first-order chi connectivity index (χ1) is 7.31. The molecule has 0 aliphatic carbocycles. The van der Waals surface area contributed by atoms with Gasteiger partial charge in [0.1, 0.15) is 5.82 Å². The lowest BCUT2D eigenvalue weighted by Gasteiger charge is -2.36. The van der Waals surface area contributed by atoms with Crippen LogP contribution in [-0.4, -0.2) is 24.3 Å². The van der Waals surface area contributed by atoms with Gasteiger partial charge in [-0.15, -0.1) is 0 Å². The Morgan fingerprint density at radius 2 is 2.27 bits per heavy atom. The summed E-state index contributed by atoms with van der Waals surface area (Å²) in [6.07, 6.45) is 3.26. The summed E-state index contributed by atoms with van der Waals surface area (Å²) in [5, 5.41) is 9.26. The van der Waals surface area contributed by atoms with Crippen molar-refractivity contribution >= 4 is 5.69 Å². The Balaban J connectivity index is 2.20. The molecule has 1 N–H and O–H groups in total. The highest BCUT2D eigenvalue weighted by Crippen LogP contribution is 2.24. The molecule has 1 aliphatic heterocycles. The Hall–Kier alpha value is -1.09. The zero-order valence-corrected chi connectivity index (χ0v) is 8.69. The lowest BCUT2D eigenvalue weighted by molar-refractivity contribution is 0.240. The van der Waals surface area contributed by atoms with E-state index in [0.29, 0.717) is 0 Å². The molecular formula is C12H16FNO. The Labute approximate surface area is 89.3 Å². The van der Waals surface area contributed by atoms with E-state index in [0.717, 1.165) is 31.5 Å². The van der Waals surface area contributed by atoms with Crippen molar-refractivity contribution in [2.24, 2.45) is 0 Å². The fourth-order valence-corrected chi connectivity index (χ4v) is 2.19. The Morgan fingerprint density at radius 3 is 3.00 bits per heavy atom. The second-order valence-electron chi connectivity index (χ2n) is 4.01. The van der Waals surface area contributed by atoms with Crippen molar-refractivity contribution in [2.45, 2.75) is 25.3 Å². The van der Waals surface area contributed by atoms with Crippen molar-refractivity contribution in [2.75, 3.05) is 18.1 Å². The number of hydrogen-bond donors (Lipinski definition) is 1. The van der Waals surface area contributed by atoms with Crippen molar-refractivity contribution in [3.05, 3.63) is 30.1 Å². The smallest absolute Gasteiger partial charge is 0.125 e. The van der Waals surface area contributed by atoms with Crippen LogP contribution in [-0.2, 0) is 0 Å². The summed E-state index contributed by atoms with van der Waals surface area (Å²) in [5.41, 5.74) is 0.883. The predicted octanol–water partition coefficient (Wildman–Crippen LogP) is 2.18. The molecule has 0 saturated carbocycles. The maximum atomic E-state index is 13.1. The number of benzene rings is 1. The molecule has 0 aromatic heterocycles. The number of nitrogens with zero attached hydrogens (tertiary/aromatic N) is 1. The van der Waals surface area contributed by atoms with E-state index < -0.39 is 0 Å². The van der Waals surface area contributed by atoms with Crippen LogP contribution in [0.3, 0.4) is 0 Å². The molecule has 1 saturated heterocycles. The zero-order chi connectivity index (χ0) is 10.7. The van der Waals surface area contributed by atoms with Crippen LogP contribution in [0.15, 0.2) is 24.3 Å². The van der Waals surface area contributed by atoms with Gasteiger partial charge < -0.3 is 10.0 Å². The molecule has 3 heteroatoms. The fraction of sp³-hybridized carbons (Fsp3) is 0.500. The number of halogens is 1. The molecule has 2 rings (SSSR count). The quantitative estimate of drug-likeness (QED) is 0.807. The van der Waals surface area contributed by atoms with Crippen LogP contribution in [0.5, 0.6) is 0 Å². The number of anilines is 1. The second kappa shape index (κ2) is 4.62. The van der Waals surface area contributed by atoms with Gasteiger partial charge in [-0.05, 0) is 37.5 Å². The van der Waals surface area contributed by atoms with E-state index >= 15 is 0 Å². The van der Waals surface area contributed by atoms with Crippen LogP contribution in [0.4, 0.5) is 10.1 Å². The van der Waals surface area contributed by atoms with E-state index in [-0.39, 0.29) is 18.5 Å². The summed E-state index contributed by atoms with van der Waals surface area (Å²) in [6, 6.07) is 6.75. The minimum absolute atomic E-state index is 0.149. The van der Waals surface area contributed by atoms with Crippen molar-refractivity contribution in [1.29, 1.82) is 0 Å². The van der Waals surface area contributed by atoms with Crippen molar-refractivity contribution in [3.8, 4) is 0 Å². The van der Waals surface area contributed by atoms with Gasteiger partial charge in [-0.1, -0.05) is 6.07 Å². The summed E-state index contributed by atoms with van der Waals surface area (Å²) in [5.74, 6) is -0.213. The average molecular weight is 209 g/mol. The largest absolute Gasteiger partial charge is 0.394 e. The molecule has 1 atom stereocenters. The van der Waals surface area contributed by atoms with Crippen LogP contribution in [0.25, 0.3) is 0 Å². The molecule has 82 valence electrons. The lowest BCUT2D eigenvalue weighted by atomic mass is 10.0. The lowest BCUT2D eigenvalue weighted by Crippen LogP contribution is -2.41. The standard InChI is InChI=1S/C12H16FNO/c13-10-4-3-6-11(8-10)14-7-2-1-5-12(14)9-15/h3-4,6,8,12,15H,1-2,5,7,9H2. The number of piperidine rings is 1. The van der Waals surface area contributed by atoms with Gasteiger partial charge in [0.15, 0.2) is 0 Å². The minimum atomic E-state index is -0.213. The molecule has 0 amide bonds. The van der Waals surface area contributed by atoms with Gasteiger partial charge >= 0.3 is 0 Å². The van der Waals surface area contributed by atoms with E-state index in [1.807, 2.05) is 6.07 Å². The monoisotopic (exact) mass is 209 g/mol. The van der Waals surface area contributed by atoms with Gasteiger partial charge in [-0.25, -0.2) is 4.39 Å². The third-order valence-electron chi connectivity index (χ3n) is 2.98. The van der Waals surface area contributed by atoms with Crippen molar-refractivity contribution in [1.82, 2.24) is 0 Å². The van der Waals surface area contributed by atoms with E-state index in [2.05, 4.69) is 4.90 Å². The van der Waals surface area contributed by atoms with Crippen LogP contribution in [0.1, 0.15) is 19.3 Å². The van der Waals surface area contributed by atoms with Crippen molar-refractivity contribution < 1.29 is 9.50 Å². The summed E-state index contributed by atoms with van der Waals surface area (Å²) in [6.45, 7) is 1.06. The number of aliphatic hydroxyl groups excluding tert-OH is 1. The van der Waals surface area contributed by atoms with Crippen LogP contribution in [0.2, 0.25) is 0 Å². The molecule has 0 bridgehead atoms. The number of rotatable bonds is 2. The van der Waals surface area contributed by atoms with Crippen LogP contribution in [0, 0.1) is 5.82 Å². The zero-order valence-electron chi connectivity index (χ0n) is 8.69. The van der Waals surface area contributed by atoms with Gasteiger partial charge in [0.25, 0.3) is 0 Å². The molecule has 1 heterocycles. The van der Waals surface area contributed by atoms with Crippen molar-refractivity contribution in [3.63, 3.8) is 0 Å². The van der Waals surface area contributed by atoms with E-state index in [9.17, 15) is 9.50 Å². The predicted molar refractivity (Wildman–Crippen MR) is 58.5 cm³/mol. The molecule has 1 aromatic carbocycles. The second-order valence-corrected chi connectivity index (χ2v) is 4.01. The van der Waals surface area contributed by atoms with E-state index in [1.165, 1.54) is 12.1 Å². The van der Waals surface area contributed by atoms with E-state index in [1.54, 1.807) is 6.07 Å². The SMILES string of the molecule is OCC1CCCCN1c1cccc(F)c1. The maximum Gasteiger partial charge on any atom is 0.125 e. The molecule has 0 spiro atoms. The highest BCUT2D eigenvalue weighted by Gasteiger charge is 2.21. The maximum absolute atomic E-state index is 13.1. The normalized spacial score (nSPS) is 21.7. The minimum Gasteiger partial charge on any atom is -0.394 e. The number of aliphatic hydroxyl groups is 1. The van der Waals surface area contributed by atoms with Gasteiger partial charge in [-0.3, -0.25) is 0 Å². The topological polar surface area (TPSA) is 23.5 Å². The first-order valence-corrected chi connectivity index (χ1v) is 5.44. The molecule has 1 aromatic rings. The molecule has 1 fully saturated rings. The van der Waals surface area contributed by atoms with Gasteiger partial charge in [-0.2, -0.15) is 0 Å². The average Bonchev–Trinajstić information content (AvgIpc) is 2.29. The number of hydrogen-bond acceptors (Lipinski definition) is 2. The molecule has 1 unspecified atom stereocenters. The molecule has 2 nitrogen and oxygen atoms in total. The highest BCUT2D eigenvalue weighted by molar-refractivity contribution is 5.47. The van der Waals surface area contributed by atoms with Gasteiger partial charge in [0.2, 0.25) is 0 Å². The highest BCUT2D eigenvalue weighted by atomic mass is 19.1. The first-order valence-electron chi connectivity index (χ1n) is 5.44. The Bertz CT molecular complexity index is 329. The third-order valence-corrected chi connectivity index (χ3v) is 2.98. The first kappa shape index (κ1) is 10.4. The fourth-order valence-electron chi connectivity index (χ4n) is 2.19. The molecular weight excluding hydrogens is 193 g/mol. The van der Waals surface area contributed by atoms with Gasteiger partial charge in [0.05, 0.1) is 12.6 Å². The summed E-state index contributed by atoms with van der Waals surface area (Å²) in [4.78, 5) is 2.10. The molecule has 1 aliphatic rings. The third kappa shape index (κ3) is 2.29. The Morgan fingerprint density at radius 1 is 1.40 bits per heavy atom. The molecule has 15 heavy (non-hydrogen) atoms.